The molecule has 1 atom stereocenters. The van der Waals surface area contributed by atoms with Crippen molar-refractivity contribution in [1.82, 2.24) is 9.62 Å². The molecule has 156 valence electrons. The first-order chi connectivity index (χ1) is 13.9. The Morgan fingerprint density at radius 2 is 1.69 bits per heavy atom. The lowest BCUT2D eigenvalue weighted by Gasteiger charge is -2.33. The number of sulfonamides is 1. The summed E-state index contributed by atoms with van der Waals surface area (Å²) in [6.45, 7) is 1.71. The van der Waals surface area contributed by atoms with Crippen LogP contribution in [-0.4, -0.2) is 31.2 Å². The first-order valence-corrected chi connectivity index (χ1v) is 11.8. The molecule has 0 aliphatic heterocycles. The molecule has 0 radical (unpaired) electrons. The van der Waals surface area contributed by atoms with Gasteiger partial charge in [0.2, 0.25) is 15.9 Å². The number of halogens is 1. The number of benzene rings is 2. The summed E-state index contributed by atoms with van der Waals surface area (Å²) in [7, 11) is -3.80. The van der Waals surface area contributed by atoms with E-state index in [4.69, 9.17) is 11.6 Å². The number of carbonyl (C=O) groups is 1. The van der Waals surface area contributed by atoms with Crippen LogP contribution in [0.3, 0.4) is 0 Å². The summed E-state index contributed by atoms with van der Waals surface area (Å²) < 4.78 is 28.1. The first kappa shape index (κ1) is 21.8. The second-order valence-electron chi connectivity index (χ2n) is 7.50. The highest BCUT2D eigenvalue weighted by atomic mass is 35.5. The van der Waals surface area contributed by atoms with Crippen LogP contribution < -0.4 is 5.32 Å². The largest absolute Gasteiger partial charge is 0.348 e. The van der Waals surface area contributed by atoms with Crippen molar-refractivity contribution in [3.63, 3.8) is 0 Å². The second-order valence-corrected chi connectivity index (χ2v) is 9.82. The molecule has 0 spiro atoms. The summed E-state index contributed by atoms with van der Waals surface area (Å²) in [6, 6.07) is 15.4. The van der Waals surface area contributed by atoms with Crippen LogP contribution in [0, 0.1) is 0 Å². The molecular formula is C22H27ClN2O3S. The predicted molar refractivity (Wildman–Crippen MR) is 115 cm³/mol. The van der Waals surface area contributed by atoms with Crippen LogP contribution in [-0.2, 0) is 14.8 Å². The standard InChI is InChI=1S/C22H27ClN2O3S/c1-17(18-8-4-2-5-9-18)24-22(26)16-25(20-10-6-3-7-11-20)29(27,28)21-14-12-19(23)13-15-21/h2,4-5,8-9,12-15,17,20H,3,6-7,10-11,16H2,1H3,(H,24,26)/t17-/m0/s1. The SMILES string of the molecule is C[C@H](NC(=O)CN(C1CCCCC1)S(=O)(=O)c1ccc(Cl)cc1)c1ccccc1. The molecule has 0 unspecified atom stereocenters. The van der Waals surface area contributed by atoms with Gasteiger partial charge >= 0.3 is 0 Å². The quantitative estimate of drug-likeness (QED) is 0.695. The van der Waals surface area contributed by atoms with Gasteiger partial charge in [-0.15, -0.1) is 0 Å². The molecule has 5 nitrogen and oxygen atoms in total. The Balaban J connectivity index is 1.80. The third-order valence-corrected chi connectivity index (χ3v) is 7.54. The van der Waals surface area contributed by atoms with E-state index in [0.29, 0.717) is 5.02 Å². The fourth-order valence-corrected chi connectivity index (χ4v) is 5.54. The van der Waals surface area contributed by atoms with Crippen molar-refractivity contribution in [2.24, 2.45) is 0 Å². The van der Waals surface area contributed by atoms with Gasteiger partial charge in [0.1, 0.15) is 0 Å². The second kappa shape index (κ2) is 9.74. The van der Waals surface area contributed by atoms with Crippen molar-refractivity contribution in [2.75, 3.05) is 6.54 Å². The van der Waals surface area contributed by atoms with Crippen molar-refractivity contribution in [3.8, 4) is 0 Å². The van der Waals surface area contributed by atoms with Crippen molar-refractivity contribution < 1.29 is 13.2 Å². The summed E-state index contributed by atoms with van der Waals surface area (Å²) in [5, 5.41) is 3.41. The van der Waals surface area contributed by atoms with E-state index in [1.54, 1.807) is 12.1 Å². The highest BCUT2D eigenvalue weighted by Crippen LogP contribution is 2.28. The lowest BCUT2D eigenvalue weighted by atomic mass is 9.95. The normalized spacial score (nSPS) is 16.5. The van der Waals surface area contributed by atoms with Gasteiger partial charge in [0.25, 0.3) is 0 Å². The Bertz CT molecular complexity index is 911. The summed E-state index contributed by atoms with van der Waals surface area (Å²) in [5.74, 6) is -0.301. The number of rotatable bonds is 7. The van der Waals surface area contributed by atoms with Crippen LogP contribution in [0.15, 0.2) is 59.5 Å². The molecule has 1 aliphatic rings. The van der Waals surface area contributed by atoms with E-state index in [9.17, 15) is 13.2 Å². The topological polar surface area (TPSA) is 66.5 Å². The van der Waals surface area contributed by atoms with Crippen LogP contribution in [0.1, 0.15) is 50.6 Å². The average Bonchev–Trinajstić information content (AvgIpc) is 2.73. The Hall–Kier alpha value is -1.89. The van der Waals surface area contributed by atoms with Crippen LogP contribution in [0.4, 0.5) is 0 Å². The number of amides is 1. The van der Waals surface area contributed by atoms with E-state index in [0.717, 1.165) is 37.7 Å². The van der Waals surface area contributed by atoms with Crippen LogP contribution in [0.5, 0.6) is 0 Å². The molecular weight excluding hydrogens is 408 g/mol. The fourth-order valence-electron chi connectivity index (χ4n) is 3.78. The van der Waals surface area contributed by atoms with E-state index in [2.05, 4.69) is 5.32 Å². The maximum Gasteiger partial charge on any atom is 0.243 e. The Morgan fingerprint density at radius 1 is 1.07 bits per heavy atom. The molecule has 1 fully saturated rings. The summed E-state index contributed by atoms with van der Waals surface area (Å²) in [6.07, 6.45) is 4.59. The number of nitrogens with zero attached hydrogens (tertiary/aromatic N) is 1. The van der Waals surface area contributed by atoms with Crippen LogP contribution in [0.2, 0.25) is 5.02 Å². The van der Waals surface area contributed by atoms with Crippen molar-refractivity contribution in [2.45, 2.75) is 56.0 Å². The molecule has 1 amide bonds. The van der Waals surface area contributed by atoms with Crippen molar-refractivity contribution >= 4 is 27.5 Å². The zero-order valence-electron chi connectivity index (χ0n) is 16.6. The molecule has 3 rings (SSSR count). The van der Waals surface area contributed by atoms with E-state index < -0.39 is 10.0 Å². The van der Waals surface area contributed by atoms with Gasteiger partial charge in [-0.1, -0.05) is 61.2 Å². The van der Waals surface area contributed by atoms with Gasteiger partial charge in [0, 0.05) is 11.1 Å². The van der Waals surface area contributed by atoms with E-state index >= 15 is 0 Å². The number of nitrogens with one attached hydrogen (secondary N) is 1. The van der Waals surface area contributed by atoms with E-state index in [1.165, 1.54) is 16.4 Å². The molecule has 29 heavy (non-hydrogen) atoms. The van der Waals surface area contributed by atoms with Crippen LogP contribution >= 0.6 is 11.6 Å². The lowest BCUT2D eigenvalue weighted by molar-refractivity contribution is -0.122. The summed E-state index contributed by atoms with van der Waals surface area (Å²) in [4.78, 5) is 12.9. The zero-order valence-corrected chi connectivity index (χ0v) is 18.1. The van der Waals surface area contributed by atoms with Gasteiger partial charge in [0.15, 0.2) is 0 Å². The molecule has 2 aromatic rings. The highest BCUT2D eigenvalue weighted by Gasteiger charge is 2.34. The first-order valence-electron chi connectivity index (χ1n) is 9.99. The Labute approximate surface area is 178 Å². The molecule has 2 aromatic carbocycles. The molecule has 0 saturated heterocycles. The van der Waals surface area contributed by atoms with Gasteiger partial charge in [-0.25, -0.2) is 8.42 Å². The average molecular weight is 435 g/mol. The predicted octanol–water partition coefficient (Wildman–Crippen LogP) is 4.54. The highest BCUT2D eigenvalue weighted by molar-refractivity contribution is 7.89. The lowest BCUT2D eigenvalue weighted by Crippen LogP contribution is -2.47. The van der Waals surface area contributed by atoms with E-state index in [1.807, 2.05) is 37.3 Å². The van der Waals surface area contributed by atoms with Crippen molar-refractivity contribution in [1.29, 1.82) is 0 Å². The molecule has 1 N–H and O–H groups in total. The minimum atomic E-state index is -3.80. The Kier molecular flexibility index (Phi) is 7.33. The van der Waals surface area contributed by atoms with Gasteiger partial charge in [-0.3, -0.25) is 4.79 Å². The van der Waals surface area contributed by atoms with Crippen LogP contribution in [0.25, 0.3) is 0 Å². The third-order valence-electron chi connectivity index (χ3n) is 5.38. The van der Waals surface area contributed by atoms with Gasteiger partial charge in [-0.2, -0.15) is 4.31 Å². The molecule has 1 aliphatic carbocycles. The number of carbonyl (C=O) groups excluding carboxylic acids is 1. The number of hydrogen-bond acceptors (Lipinski definition) is 3. The van der Waals surface area contributed by atoms with Gasteiger partial charge in [0.05, 0.1) is 17.5 Å². The fraction of sp³-hybridized carbons (Fsp3) is 0.409. The maximum atomic E-state index is 13.3. The third kappa shape index (κ3) is 5.59. The summed E-state index contributed by atoms with van der Waals surface area (Å²) in [5.41, 5.74) is 0.977. The van der Waals surface area contributed by atoms with Crippen molar-refractivity contribution in [3.05, 3.63) is 65.2 Å². The van der Waals surface area contributed by atoms with E-state index in [-0.39, 0.29) is 29.4 Å². The Morgan fingerprint density at radius 3 is 2.31 bits per heavy atom. The molecule has 1 saturated carbocycles. The maximum absolute atomic E-state index is 13.3. The molecule has 0 aromatic heterocycles. The molecule has 0 bridgehead atoms. The molecule has 0 heterocycles. The minimum absolute atomic E-state index is 0.163. The van der Waals surface area contributed by atoms with Gasteiger partial charge in [-0.05, 0) is 49.6 Å². The summed E-state index contributed by atoms with van der Waals surface area (Å²) >= 11 is 5.92. The number of hydrogen-bond donors (Lipinski definition) is 1. The molecule has 7 heteroatoms. The minimum Gasteiger partial charge on any atom is -0.348 e. The van der Waals surface area contributed by atoms with Gasteiger partial charge < -0.3 is 5.32 Å². The smallest absolute Gasteiger partial charge is 0.243 e. The monoisotopic (exact) mass is 434 g/mol. The zero-order chi connectivity index (χ0) is 20.9.